The van der Waals surface area contributed by atoms with Crippen LogP contribution in [0, 0.1) is 18.3 Å². The molecule has 1 aliphatic rings. The molecule has 0 atom stereocenters. The Morgan fingerprint density at radius 2 is 2.32 bits per heavy atom. The van der Waals surface area contributed by atoms with Crippen molar-refractivity contribution in [2.45, 2.75) is 32.4 Å². The van der Waals surface area contributed by atoms with Crippen molar-refractivity contribution in [2.24, 2.45) is 0 Å². The first kappa shape index (κ1) is 11.9. The van der Waals surface area contributed by atoms with E-state index in [1.165, 1.54) is 12.8 Å². The minimum absolute atomic E-state index is 0.636. The molecule has 1 heterocycles. The Balaban J connectivity index is 1.92. The van der Waals surface area contributed by atoms with Gasteiger partial charge in [0, 0.05) is 12.6 Å². The summed E-state index contributed by atoms with van der Waals surface area (Å²) in [6.07, 6.45) is 4.28. The number of nitrogens with zero attached hydrogens (tertiary/aromatic N) is 4. The summed E-state index contributed by atoms with van der Waals surface area (Å²) in [5.41, 5.74) is 3.66. The van der Waals surface area contributed by atoms with Crippen molar-refractivity contribution in [1.82, 2.24) is 20.3 Å². The maximum Gasteiger partial charge on any atom is 0.0992 e. The number of nitriles is 1. The predicted octanol–water partition coefficient (Wildman–Crippen LogP) is 1.70. The van der Waals surface area contributed by atoms with Gasteiger partial charge in [0.15, 0.2) is 0 Å². The van der Waals surface area contributed by atoms with Crippen molar-refractivity contribution in [3.63, 3.8) is 0 Å². The number of benzene rings is 1. The molecule has 0 unspecified atom stereocenters. The Morgan fingerprint density at radius 1 is 1.47 bits per heavy atom. The summed E-state index contributed by atoms with van der Waals surface area (Å²) in [6, 6.07) is 8.41. The highest BCUT2D eigenvalue weighted by Crippen LogP contribution is 2.20. The normalized spacial score (nSPS) is 14.3. The average molecular weight is 253 g/mol. The quantitative estimate of drug-likeness (QED) is 0.900. The van der Waals surface area contributed by atoms with Gasteiger partial charge < -0.3 is 5.32 Å². The second kappa shape index (κ2) is 4.82. The maximum atomic E-state index is 9.00. The zero-order valence-electron chi connectivity index (χ0n) is 10.8. The summed E-state index contributed by atoms with van der Waals surface area (Å²) in [7, 11) is 0. The molecule has 1 aromatic carbocycles. The fourth-order valence-corrected chi connectivity index (χ4v) is 2.02. The molecule has 0 saturated heterocycles. The van der Waals surface area contributed by atoms with Gasteiger partial charge in [-0.1, -0.05) is 11.3 Å². The molecule has 5 nitrogen and oxygen atoms in total. The van der Waals surface area contributed by atoms with Crippen molar-refractivity contribution in [1.29, 1.82) is 5.26 Å². The van der Waals surface area contributed by atoms with Crippen molar-refractivity contribution < 1.29 is 0 Å². The number of nitrogens with one attached hydrogen (secondary N) is 1. The van der Waals surface area contributed by atoms with E-state index in [0.717, 1.165) is 23.5 Å². The lowest BCUT2D eigenvalue weighted by Gasteiger charge is -2.10. The van der Waals surface area contributed by atoms with E-state index >= 15 is 0 Å². The molecule has 96 valence electrons. The summed E-state index contributed by atoms with van der Waals surface area (Å²) in [4.78, 5) is 0. The lowest BCUT2D eigenvalue weighted by molar-refractivity contribution is 0.646. The summed E-state index contributed by atoms with van der Waals surface area (Å²) in [5, 5.41) is 20.6. The van der Waals surface area contributed by atoms with E-state index in [1.54, 1.807) is 6.20 Å². The molecular weight excluding hydrogens is 238 g/mol. The molecule has 5 heteroatoms. The third-order valence-electron chi connectivity index (χ3n) is 3.34. The second-order valence-corrected chi connectivity index (χ2v) is 4.91. The van der Waals surface area contributed by atoms with Gasteiger partial charge in [0.05, 0.1) is 29.2 Å². The number of rotatable bonds is 4. The zero-order valence-corrected chi connectivity index (χ0v) is 10.8. The maximum absolute atomic E-state index is 9.00. The monoisotopic (exact) mass is 253 g/mol. The van der Waals surface area contributed by atoms with Crippen LogP contribution in [0.5, 0.6) is 0 Å². The average Bonchev–Trinajstić information content (AvgIpc) is 3.15. The Hall–Kier alpha value is -2.19. The first-order valence-corrected chi connectivity index (χ1v) is 6.42. The standard InChI is InChI=1S/C14H15N5/c1-10-2-3-11(7-15)6-14(10)19-13(9-17-18-19)8-16-12-4-5-12/h2-3,6,9,12,16H,4-5,8H2,1H3. The van der Waals surface area contributed by atoms with Crippen LogP contribution in [0.25, 0.3) is 5.69 Å². The topological polar surface area (TPSA) is 66.5 Å². The highest BCUT2D eigenvalue weighted by molar-refractivity contribution is 5.47. The van der Waals surface area contributed by atoms with Gasteiger partial charge in [-0.2, -0.15) is 5.26 Å². The van der Waals surface area contributed by atoms with Crippen LogP contribution >= 0.6 is 0 Å². The van der Waals surface area contributed by atoms with E-state index in [2.05, 4.69) is 21.7 Å². The van der Waals surface area contributed by atoms with Crippen LogP contribution < -0.4 is 5.32 Å². The Bertz CT molecular complexity index is 634. The van der Waals surface area contributed by atoms with E-state index in [1.807, 2.05) is 29.8 Å². The van der Waals surface area contributed by atoms with Gasteiger partial charge in [-0.25, -0.2) is 4.68 Å². The molecule has 1 saturated carbocycles. The molecule has 1 aliphatic carbocycles. The van der Waals surface area contributed by atoms with Crippen molar-refractivity contribution in [3.8, 4) is 11.8 Å². The Kier molecular flexibility index (Phi) is 3.02. The lowest BCUT2D eigenvalue weighted by Crippen LogP contribution is -2.18. The highest BCUT2D eigenvalue weighted by Gasteiger charge is 2.21. The molecule has 0 radical (unpaired) electrons. The molecule has 1 fully saturated rings. The smallest absolute Gasteiger partial charge is 0.0992 e. The fourth-order valence-electron chi connectivity index (χ4n) is 2.02. The fraction of sp³-hybridized carbons (Fsp3) is 0.357. The van der Waals surface area contributed by atoms with Crippen molar-refractivity contribution in [2.75, 3.05) is 0 Å². The Labute approximate surface area is 111 Å². The largest absolute Gasteiger partial charge is 0.308 e. The van der Waals surface area contributed by atoms with Gasteiger partial charge in [0.25, 0.3) is 0 Å². The highest BCUT2D eigenvalue weighted by atomic mass is 15.4. The molecule has 0 bridgehead atoms. The predicted molar refractivity (Wildman–Crippen MR) is 70.7 cm³/mol. The third kappa shape index (κ3) is 2.49. The van der Waals surface area contributed by atoms with E-state index < -0.39 is 0 Å². The second-order valence-electron chi connectivity index (χ2n) is 4.91. The molecule has 0 spiro atoms. The van der Waals surface area contributed by atoms with Gasteiger partial charge in [0.2, 0.25) is 0 Å². The minimum Gasteiger partial charge on any atom is -0.308 e. The molecule has 0 amide bonds. The molecule has 0 aliphatic heterocycles. The first-order valence-electron chi connectivity index (χ1n) is 6.42. The summed E-state index contributed by atoms with van der Waals surface area (Å²) in [6.45, 7) is 2.77. The number of hydrogen-bond acceptors (Lipinski definition) is 4. The SMILES string of the molecule is Cc1ccc(C#N)cc1-n1nncc1CNC1CC1. The molecule has 1 N–H and O–H groups in total. The third-order valence-corrected chi connectivity index (χ3v) is 3.34. The van der Waals surface area contributed by atoms with E-state index in [4.69, 9.17) is 5.26 Å². The van der Waals surface area contributed by atoms with E-state index in [-0.39, 0.29) is 0 Å². The minimum atomic E-state index is 0.636. The molecule has 3 rings (SSSR count). The summed E-state index contributed by atoms with van der Waals surface area (Å²) >= 11 is 0. The number of aromatic nitrogens is 3. The Morgan fingerprint density at radius 3 is 3.05 bits per heavy atom. The van der Waals surface area contributed by atoms with E-state index in [0.29, 0.717) is 11.6 Å². The van der Waals surface area contributed by atoms with Crippen LogP contribution in [0.3, 0.4) is 0 Å². The number of aryl methyl sites for hydroxylation is 1. The molecule has 19 heavy (non-hydrogen) atoms. The van der Waals surface area contributed by atoms with Crippen molar-refractivity contribution in [3.05, 3.63) is 41.2 Å². The lowest BCUT2D eigenvalue weighted by atomic mass is 10.1. The molecular formula is C14H15N5. The van der Waals surface area contributed by atoms with E-state index in [9.17, 15) is 0 Å². The molecule has 2 aromatic rings. The van der Waals surface area contributed by atoms with Crippen molar-refractivity contribution >= 4 is 0 Å². The summed E-state index contributed by atoms with van der Waals surface area (Å²) in [5.74, 6) is 0. The van der Waals surface area contributed by atoms with Crippen LogP contribution in [0.4, 0.5) is 0 Å². The molecule has 1 aromatic heterocycles. The van der Waals surface area contributed by atoms with Gasteiger partial charge >= 0.3 is 0 Å². The summed E-state index contributed by atoms with van der Waals surface area (Å²) < 4.78 is 1.81. The van der Waals surface area contributed by atoms with Crippen LogP contribution in [0.15, 0.2) is 24.4 Å². The van der Waals surface area contributed by atoms with Gasteiger partial charge in [-0.05, 0) is 37.5 Å². The van der Waals surface area contributed by atoms with Gasteiger partial charge in [0.1, 0.15) is 0 Å². The van der Waals surface area contributed by atoms with Crippen LogP contribution in [0.2, 0.25) is 0 Å². The van der Waals surface area contributed by atoms with Gasteiger partial charge in [-0.15, -0.1) is 5.10 Å². The van der Waals surface area contributed by atoms with Crippen LogP contribution in [-0.4, -0.2) is 21.0 Å². The van der Waals surface area contributed by atoms with Crippen LogP contribution in [0.1, 0.15) is 29.7 Å². The van der Waals surface area contributed by atoms with Crippen LogP contribution in [-0.2, 0) is 6.54 Å². The number of hydrogen-bond donors (Lipinski definition) is 1. The van der Waals surface area contributed by atoms with Gasteiger partial charge in [-0.3, -0.25) is 0 Å². The zero-order chi connectivity index (χ0) is 13.2. The first-order chi connectivity index (χ1) is 9.28.